The average Bonchev–Trinajstić information content (AvgIpc) is 2.09. The zero-order valence-corrected chi connectivity index (χ0v) is 7.55. The van der Waals surface area contributed by atoms with Crippen molar-refractivity contribution in [1.82, 2.24) is 0 Å². The Hall–Kier alpha value is -0.820. The van der Waals surface area contributed by atoms with Crippen LogP contribution in [0.4, 0.5) is 0 Å². The molecule has 12 heavy (non-hydrogen) atoms. The lowest BCUT2D eigenvalue weighted by Crippen LogP contribution is -1.97. The second kappa shape index (κ2) is 4.94. The first-order chi connectivity index (χ1) is 5.83. The standard InChI is InChI=1S/C11H15O/c1-3-12-9-8-11-6-4-10(2)5-7-11/h4-7H,1,3,8-9H2,2H3. The van der Waals surface area contributed by atoms with E-state index in [2.05, 4.69) is 38.1 Å². The summed E-state index contributed by atoms with van der Waals surface area (Å²) >= 11 is 0. The van der Waals surface area contributed by atoms with Crippen LogP contribution in [0.2, 0.25) is 0 Å². The number of hydrogen-bond donors (Lipinski definition) is 0. The van der Waals surface area contributed by atoms with Crippen molar-refractivity contribution < 1.29 is 4.74 Å². The molecule has 0 bridgehead atoms. The second-order valence-electron chi connectivity index (χ2n) is 2.85. The fourth-order valence-electron chi connectivity index (χ4n) is 1.05. The van der Waals surface area contributed by atoms with E-state index in [1.807, 2.05) is 0 Å². The van der Waals surface area contributed by atoms with Gasteiger partial charge in [-0.25, -0.2) is 0 Å². The van der Waals surface area contributed by atoms with E-state index in [1.54, 1.807) is 0 Å². The van der Waals surface area contributed by atoms with Gasteiger partial charge >= 0.3 is 0 Å². The molecular weight excluding hydrogens is 148 g/mol. The summed E-state index contributed by atoms with van der Waals surface area (Å²) in [5.41, 5.74) is 2.63. The van der Waals surface area contributed by atoms with Crippen molar-refractivity contribution in [2.24, 2.45) is 0 Å². The minimum Gasteiger partial charge on any atom is -0.381 e. The van der Waals surface area contributed by atoms with Crippen LogP contribution in [-0.4, -0.2) is 13.2 Å². The summed E-state index contributed by atoms with van der Waals surface area (Å²) in [4.78, 5) is 0. The van der Waals surface area contributed by atoms with Gasteiger partial charge in [0.2, 0.25) is 0 Å². The lowest BCUT2D eigenvalue weighted by Gasteiger charge is -2.01. The maximum absolute atomic E-state index is 5.16. The van der Waals surface area contributed by atoms with E-state index >= 15 is 0 Å². The molecular formula is C11H15O. The van der Waals surface area contributed by atoms with Crippen LogP contribution in [0.5, 0.6) is 0 Å². The molecule has 0 aromatic heterocycles. The molecule has 0 N–H and O–H groups in total. The smallest absolute Gasteiger partial charge is 0.0506 e. The minimum atomic E-state index is 0.561. The molecule has 0 saturated carbocycles. The van der Waals surface area contributed by atoms with Crippen molar-refractivity contribution in [3.63, 3.8) is 0 Å². The Labute approximate surface area is 74.4 Å². The Morgan fingerprint density at radius 3 is 2.50 bits per heavy atom. The van der Waals surface area contributed by atoms with Gasteiger partial charge in [-0.05, 0) is 25.8 Å². The largest absolute Gasteiger partial charge is 0.381 e. The van der Waals surface area contributed by atoms with Crippen LogP contribution in [-0.2, 0) is 11.2 Å². The zero-order chi connectivity index (χ0) is 8.81. The van der Waals surface area contributed by atoms with Gasteiger partial charge in [-0.2, -0.15) is 0 Å². The maximum atomic E-state index is 5.16. The Morgan fingerprint density at radius 2 is 1.92 bits per heavy atom. The number of hydrogen-bond acceptors (Lipinski definition) is 1. The highest BCUT2D eigenvalue weighted by atomic mass is 16.5. The number of aryl methyl sites for hydroxylation is 1. The SMILES string of the molecule is [CH2]COCCc1ccc(C)cc1. The molecule has 0 atom stereocenters. The van der Waals surface area contributed by atoms with E-state index in [-0.39, 0.29) is 0 Å². The highest BCUT2D eigenvalue weighted by molar-refractivity contribution is 5.21. The van der Waals surface area contributed by atoms with E-state index in [4.69, 9.17) is 4.74 Å². The van der Waals surface area contributed by atoms with E-state index in [0.717, 1.165) is 13.0 Å². The van der Waals surface area contributed by atoms with Gasteiger partial charge in [-0.15, -0.1) is 0 Å². The lowest BCUT2D eigenvalue weighted by atomic mass is 10.1. The molecule has 1 heteroatoms. The number of ether oxygens (including phenoxy) is 1. The Kier molecular flexibility index (Phi) is 3.81. The van der Waals surface area contributed by atoms with Crippen LogP contribution >= 0.6 is 0 Å². The molecule has 0 fully saturated rings. The molecule has 0 aliphatic heterocycles. The zero-order valence-electron chi connectivity index (χ0n) is 7.55. The molecule has 0 aliphatic rings. The molecule has 0 unspecified atom stereocenters. The van der Waals surface area contributed by atoms with Crippen LogP contribution in [0.1, 0.15) is 11.1 Å². The van der Waals surface area contributed by atoms with Crippen molar-refractivity contribution in [1.29, 1.82) is 0 Å². The summed E-state index contributed by atoms with van der Waals surface area (Å²) in [6.45, 7) is 7.03. The van der Waals surface area contributed by atoms with Crippen molar-refractivity contribution in [3.8, 4) is 0 Å². The molecule has 0 aliphatic carbocycles. The van der Waals surface area contributed by atoms with Gasteiger partial charge in [0.15, 0.2) is 0 Å². The van der Waals surface area contributed by atoms with Crippen molar-refractivity contribution in [3.05, 3.63) is 42.3 Å². The van der Waals surface area contributed by atoms with E-state index < -0.39 is 0 Å². The maximum Gasteiger partial charge on any atom is 0.0506 e. The van der Waals surface area contributed by atoms with E-state index in [1.165, 1.54) is 11.1 Å². The quantitative estimate of drug-likeness (QED) is 0.619. The van der Waals surface area contributed by atoms with Gasteiger partial charge in [0, 0.05) is 6.61 Å². The monoisotopic (exact) mass is 163 g/mol. The molecule has 1 nitrogen and oxygen atoms in total. The van der Waals surface area contributed by atoms with Gasteiger partial charge in [-0.3, -0.25) is 0 Å². The molecule has 1 radical (unpaired) electrons. The number of benzene rings is 1. The lowest BCUT2D eigenvalue weighted by molar-refractivity contribution is 0.164. The second-order valence-corrected chi connectivity index (χ2v) is 2.85. The van der Waals surface area contributed by atoms with Crippen LogP contribution < -0.4 is 0 Å². The summed E-state index contributed by atoms with van der Waals surface area (Å²) in [7, 11) is 0. The molecule has 0 amide bonds. The fraction of sp³-hybridized carbons (Fsp3) is 0.364. The first kappa shape index (κ1) is 9.27. The highest BCUT2D eigenvalue weighted by Gasteiger charge is 1.91. The van der Waals surface area contributed by atoms with E-state index in [0.29, 0.717) is 6.61 Å². The van der Waals surface area contributed by atoms with Crippen LogP contribution in [0, 0.1) is 13.8 Å². The first-order valence-electron chi connectivity index (χ1n) is 4.25. The van der Waals surface area contributed by atoms with E-state index in [9.17, 15) is 0 Å². The summed E-state index contributed by atoms with van der Waals surface area (Å²) in [6, 6.07) is 8.53. The summed E-state index contributed by atoms with van der Waals surface area (Å²) < 4.78 is 5.16. The summed E-state index contributed by atoms with van der Waals surface area (Å²) in [5.74, 6) is 0. The third-order valence-electron chi connectivity index (χ3n) is 1.80. The average molecular weight is 163 g/mol. The van der Waals surface area contributed by atoms with Gasteiger partial charge in [0.1, 0.15) is 0 Å². The van der Waals surface area contributed by atoms with Crippen molar-refractivity contribution in [2.75, 3.05) is 13.2 Å². The van der Waals surface area contributed by atoms with Gasteiger partial charge < -0.3 is 4.74 Å². The third-order valence-corrected chi connectivity index (χ3v) is 1.80. The molecule has 1 aromatic rings. The minimum absolute atomic E-state index is 0.561. The molecule has 0 heterocycles. The highest BCUT2D eigenvalue weighted by Crippen LogP contribution is 2.03. The molecule has 0 saturated heterocycles. The molecule has 65 valence electrons. The van der Waals surface area contributed by atoms with Crippen LogP contribution in [0.3, 0.4) is 0 Å². The summed E-state index contributed by atoms with van der Waals surface area (Å²) in [5, 5.41) is 0. The predicted octanol–water partition coefficient (Wildman–Crippen LogP) is 2.39. The van der Waals surface area contributed by atoms with Crippen LogP contribution in [0.25, 0.3) is 0 Å². The van der Waals surface area contributed by atoms with Gasteiger partial charge in [0.25, 0.3) is 0 Å². The molecule has 0 spiro atoms. The Balaban J connectivity index is 2.37. The number of rotatable bonds is 4. The molecule has 1 rings (SSSR count). The predicted molar refractivity (Wildman–Crippen MR) is 51.1 cm³/mol. The third kappa shape index (κ3) is 3.05. The van der Waals surface area contributed by atoms with Crippen molar-refractivity contribution >= 4 is 0 Å². The van der Waals surface area contributed by atoms with Crippen LogP contribution in [0.15, 0.2) is 24.3 Å². The Bertz CT molecular complexity index is 213. The topological polar surface area (TPSA) is 9.23 Å². The fourth-order valence-corrected chi connectivity index (χ4v) is 1.05. The van der Waals surface area contributed by atoms with Gasteiger partial charge in [0.05, 0.1) is 6.61 Å². The van der Waals surface area contributed by atoms with Crippen molar-refractivity contribution in [2.45, 2.75) is 13.3 Å². The van der Waals surface area contributed by atoms with Gasteiger partial charge in [-0.1, -0.05) is 29.8 Å². The first-order valence-corrected chi connectivity index (χ1v) is 4.25. The Morgan fingerprint density at radius 1 is 1.25 bits per heavy atom. The molecule has 1 aromatic carbocycles. The normalized spacial score (nSPS) is 10.2. The summed E-state index contributed by atoms with van der Waals surface area (Å²) in [6.07, 6.45) is 0.982.